The molecule has 1 aromatic rings. The summed E-state index contributed by atoms with van der Waals surface area (Å²) >= 11 is 0. The molecule has 2 atom stereocenters. The third-order valence-corrected chi connectivity index (χ3v) is 3.60. The van der Waals surface area contributed by atoms with E-state index in [9.17, 15) is 0 Å². The molecule has 0 radical (unpaired) electrons. The molecular weight excluding hydrogens is 224 g/mol. The molecule has 1 aromatic heterocycles. The van der Waals surface area contributed by atoms with Crippen LogP contribution in [0.15, 0.2) is 18.5 Å². The van der Waals surface area contributed by atoms with Crippen molar-refractivity contribution in [2.24, 2.45) is 5.92 Å². The standard InChI is InChI=1S/C15H24N2O/c1-11-10-18-6-5-14(11)17-13-7-12(8-16-9-13)15(2,3)4/h7-9,11,14,17H,5-6,10H2,1-4H3/t11-,14?/m0/s1. The molecule has 1 fully saturated rings. The molecule has 18 heavy (non-hydrogen) atoms. The topological polar surface area (TPSA) is 34.1 Å². The van der Waals surface area contributed by atoms with Crippen molar-refractivity contribution in [1.29, 1.82) is 0 Å². The van der Waals surface area contributed by atoms with Gasteiger partial charge in [-0.3, -0.25) is 4.98 Å². The van der Waals surface area contributed by atoms with E-state index in [1.807, 2.05) is 12.4 Å². The van der Waals surface area contributed by atoms with Crippen molar-refractivity contribution in [2.75, 3.05) is 18.5 Å². The number of hydrogen-bond donors (Lipinski definition) is 1. The summed E-state index contributed by atoms with van der Waals surface area (Å²) in [5.41, 5.74) is 2.54. The third-order valence-electron chi connectivity index (χ3n) is 3.60. The number of rotatable bonds is 2. The molecule has 0 amide bonds. The summed E-state index contributed by atoms with van der Waals surface area (Å²) in [4.78, 5) is 4.35. The van der Waals surface area contributed by atoms with Crippen molar-refractivity contribution in [2.45, 2.75) is 45.6 Å². The monoisotopic (exact) mass is 248 g/mol. The highest BCUT2D eigenvalue weighted by Gasteiger charge is 2.22. The highest BCUT2D eigenvalue weighted by molar-refractivity contribution is 5.45. The van der Waals surface area contributed by atoms with Crippen LogP contribution in [0.2, 0.25) is 0 Å². The minimum absolute atomic E-state index is 0.145. The lowest BCUT2D eigenvalue weighted by atomic mass is 9.88. The van der Waals surface area contributed by atoms with Gasteiger partial charge in [0.15, 0.2) is 0 Å². The Labute approximate surface area is 110 Å². The van der Waals surface area contributed by atoms with Crippen LogP contribution in [0.25, 0.3) is 0 Å². The molecule has 1 unspecified atom stereocenters. The van der Waals surface area contributed by atoms with Crippen LogP contribution in [0.5, 0.6) is 0 Å². The van der Waals surface area contributed by atoms with E-state index in [4.69, 9.17) is 4.74 Å². The zero-order valence-corrected chi connectivity index (χ0v) is 11.9. The number of aromatic nitrogens is 1. The summed E-state index contributed by atoms with van der Waals surface area (Å²) in [6.45, 7) is 10.6. The summed E-state index contributed by atoms with van der Waals surface area (Å²) in [6.07, 6.45) is 4.94. The second-order valence-corrected chi connectivity index (χ2v) is 6.30. The molecule has 1 N–H and O–H groups in total. The van der Waals surface area contributed by atoms with E-state index in [-0.39, 0.29) is 5.41 Å². The van der Waals surface area contributed by atoms with Gasteiger partial charge in [0.2, 0.25) is 0 Å². The van der Waals surface area contributed by atoms with Gasteiger partial charge in [-0.15, -0.1) is 0 Å². The van der Waals surface area contributed by atoms with Gasteiger partial charge >= 0.3 is 0 Å². The van der Waals surface area contributed by atoms with Crippen LogP contribution in [0.3, 0.4) is 0 Å². The summed E-state index contributed by atoms with van der Waals surface area (Å²) in [6, 6.07) is 2.71. The Balaban J connectivity index is 2.09. The van der Waals surface area contributed by atoms with E-state index in [1.54, 1.807) is 0 Å². The number of ether oxygens (including phenoxy) is 1. The maximum atomic E-state index is 5.47. The smallest absolute Gasteiger partial charge is 0.0531 e. The lowest BCUT2D eigenvalue weighted by Gasteiger charge is -2.30. The van der Waals surface area contributed by atoms with Crippen LogP contribution >= 0.6 is 0 Å². The zero-order valence-electron chi connectivity index (χ0n) is 11.9. The summed E-state index contributed by atoms with van der Waals surface area (Å²) < 4.78 is 5.47. The average Bonchev–Trinajstić information content (AvgIpc) is 2.31. The lowest BCUT2D eigenvalue weighted by Crippen LogP contribution is -2.36. The fourth-order valence-corrected chi connectivity index (χ4v) is 2.24. The Hall–Kier alpha value is -1.09. The Morgan fingerprint density at radius 3 is 2.78 bits per heavy atom. The maximum absolute atomic E-state index is 5.47. The molecule has 0 aromatic carbocycles. The largest absolute Gasteiger partial charge is 0.381 e. The van der Waals surface area contributed by atoms with Crippen molar-refractivity contribution >= 4 is 5.69 Å². The van der Waals surface area contributed by atoms with Gasteiger partial charge < -0.3 is 10.1 Å². The summed E-state index contributed by atoms with van der Waals surface area (Å²) in [7, 11) is 0. The van der Waals surface area contributed by atoms with Crippen LogP contribution in [-0.4, -0.2) is 24.2 Å². The number of hydrogen-bond acceptors (Lipinski definition) is 3. The average molecular weight is 248 g/mol. The van der Waals surface area contributed by atoms with Gasteiger partial charge in [0.1, 0.15) is 0 Å². The fourth-order valence-electron chi connectivity index (χ4n) is 2.24. The zero-order chi connectivity index (χ0) is 13.2. The maximum Gasteiger partial charge on any atom is 0.0531 e. The molecule has 3 nitrogen and oxygen atoms in total. The van der Waals surface area contributed by atoms with Crippen LogP contribution in [0.1, 0.15) is 39.7 Å². The Morgan fingerprint density at radius 2 is 2.11 bits per heavy atom. The highest BCUT2D eigenvalue weighted by Crippen LogP contribution is 2.25. The molecule has 2 heterocycles. The quantitative estimate of drug-likeness (QED) is 0.872. The summed E-state index contributed by atoms with van der Waals surface area (Å²) in [5.74, 6) is 0.553. The van der Waals surface area contributed by atoms with Gasteiger partial charge in [0.05, 0.1) is 12.3 Å². The van der Waals surface area contributed by atoms with Gasteiger partial charge in [-0.25, -0.2) is 0 Å². The highest BCUT2D eigenvalue weighted by atomic mass is 16.5. The molecule has 1 aliphatic heterocycles. The van der Waals surface area contributed by atoms with E-state index in [0.29, 0.717) is 12.0 Å². The number of pyridine rings is 1. The van der Waals surface area contributed by atoms with Gasteiger partial charge in [0, 0.05) is 25.0 Å². The van der Waals surface area contributed by atoms with Crippen molar-refractivity contribution < 1.29 is 4.74 Å². The first-order valence-electron chi connectivity index (χ1n) is 6.76. The van der Waals surface area contributed by atoms with Gasteiger partial charge in [0.25, 0.3) is 0 Å². The van der Waals surface area contributed by atoms with E-state index in [2.05, 4.69) is 44.1 Å². The van der Waals surface area contributed by atoms with Gasteiger partial charge in [-0.1, -0.05) is 27.7 Å². The molecule has 0 saturated carbocycles. The molecular formula is C15H24N2O. The van der Waals surface area contributed by atoms with Crippen molar-refractivity contribution in [3.8, 4) is 0 Å². The van der Waals surface area contributed by atoms with E-state index < -0.39 is 0 Å². The predicted molar refractivity (Wildman–Crippen MR) is 74.9 cm³/mol. The predicted octanol–water partition coefficient (Wildman–Crippen LogP) is 3.22. The number of nitrogens with one attached hydrogen (secondary N) is 1. The second-order valence-electron chi connectivity index (χ2n) is 6.30. The minimum atomic E-state index is 0.145. The Morgan fingerprint density at radius 1 is 1.33 bits per heavy atom. The van der Waals surface area contributed by atoms with E-state index in [1.165, 1.54) is 5.56 Å². The SMILES string of the molecule is C[C@H]1COCCC1Nc1cncc(C(C)(C)C)c1. The number of nitrogens with zero attached hydrogens (tertiary/aromatic N) is 1. The fraction of sp³-hybridized carbons (Fsp3) is 0.667. The van der Waals surface area contributed by atoms with Crippen molar-refractivity contribution in [3.05, 3.63) is 24.0 Å². The molecule has 1 saturated heterocycles. The summed E-state index contributed by atoms with van der Waals surface area (Å²) in [5, 5.41) is 3.60. The molecule has 3 heteroatoms. The van der Waals surface area contributed by atoms with Gasteiger partial charge in [-0.05, 0) is 29.4 Å². The number of anilines is 1. The molecule has 0 aliphatic carbocycles. The van der Waals surface area contributed by atoms with Gasteiger partial charge in [-0.2, -0.15) is 0 Å². The lowest BCUT2D eigenvalue weighted by molar-refractivity contribution is 0.0537. The van der Waals surface area contributed by atoms with E-state index >= 15 is 0 Å². The molecule has 0 bridgehead atoms. The minimum Gasteiger partial charge on any atom is -0.381 e. The van der Waals surface area contributed by atoms with Crippen LogP contribution in [0, 0.1) is 5.92 Å². The Bertz CT molecular complexity index is 398. The van der Waals surface area contributed by atoms with Crippen molar-refractivity contribution in [3.63, 3.8) is 0 Å². The first-order valence-corrected chi connectivity index (χ1v) is 6.76. The molecule has 1 aliphatic rings. The van der Waals surface area contributed by atoms with Crippen molar-refractivity contribution in [1.82, 2.24) is 4.98 Å². The molecule has 2 rings (SSSR count). The van der Waals surface area contributed by atoms with Crippen LogP contribution < -0.4 is 5.32 Å². The third kappa shape index (κ3) is 3.22. The van der Waals surface area contributed by atoms with E-state index in [0.717, 1.165) is 25.3 Å². The normalized spacial score (nSPS) is 24.9. The molecule has 0 spiro atoms. The first-order chi connectivity index (χ1) is 8.47. The Kier molecular flexibility index (Phi) is 3.91. The van der Waals surface area contributed by atoms with Crippen LogP contribution in [0.4, 0.5) is 5.69 Å². The second kappa shape index (κ2) is 5.27. The first kappa shape index (κ1) is 13.3. The molecule has 100 valence electrons. The van der Waals surface area contributed by atoms with Crippen LogP contribution in [-0.2, 0) is 10.2 Å².